The van der Waals surface area contributed by atoms with Gasteiger partial charge in [0.25, 0.3) is 0 Å². The molecule has 1 N–H and O–H groups in total. The van der Waals surface area contributed by atoms with Crippen LogP contribution >= 0.6 is 0 Å². The summed E-state index contributed by atoms with van der Waals surface area (Å²) in [4.78, 5) is 29.5. The van der Waals surface area contributed by atoms with Crippen LogP contribution in [0.5, 0.6) is 5.75 Å². The van der Waals surface area contributed by atoms with Crippen LogP contribution in [0, 0.1) is 24.2 Å². The molecule has 32 heavy (non-hydrogen) atoms. The first kappa shape index (κ1) is 21.7. The average Bonchev–Trinajstić information content (AvgIpc) is 3.21. The van der Waals surface area contributed by atoms with Crippen molar-refractivity contribution in [2.75, 3.05) is 36.5 Å². The smallest absolute Gasteiger partial charge is 0.227 e. The quantitative estimate of drug-likeness (QED) is 0.785. The van der Waals surface area contributed by atoms with Gasteiger partial charge in [-0.2, -0.15) is 5.26 Å². The number of rotatable bonds is 5. The number of carbonyl (C=O) groups excluding carboxylic acids is 2. The van der Waals surface area contributed by atoms with Crippen LogP contribution in [0.25, 0.3) is 0 Å². The van der Waals surface area contributed by atoms with Crippen molar-refractivity contribution in [3.05, 3.63) is 53.6 Å². The van der Waals surface area contributed by atoms with Crippen molar-refractivity contribution in [1.29, 1.82) is 5.26 Å². The molecule has 4 rings (SSSR count). The van der Waals surface area contributed by atoms with E-state index in [1.807, 2.05) is 49.4 Å². The predicted octanol–water partition coefficient (Wildman–Crippen LogP) is 3.01. The fourth-order valence-corrected chi connectivity index (χ4v) is 4.47. The van der Waals surface area contributed by atoms with Gasteiger partial charge in [-0.05, 0) is 61.7 Å². The van der Waals surface area contributed by atoms with Crippen molar-refractivity contribution in [3.8, 4) is 11.8 Å². The first-order valence-electron chi connectivity index (χ1n) is 11.0. The molecule has 7 heteroatoms. The molecule has 2 amide bonds. The summed E-state index contributed by atoms with van der Waals surface area (Å²) >= 11 is 0. The van der Waals surface area contributed by atoms with Crippen LogP contribution < -0.4 is 19.9 Å². The minimum atomic E-state index is -0.357. The van der Waals surface area contributed by atoms with Crippen LogP contribution in [0.15, 0.2) is 42.5 Å². The van der Waals surface area contributed by atoms with E-state index < -0.39 is 0 Å². The largest absolute Gasteiger partial charge is 0.495 e. The van der Waals surface area contributed by atoms with Gasteiger partial charge in [-0.1, -0.05) is 6.07 Å². The topological polar surface area (TPSA) is 85.7 Å². The zero-order chi connectivity index (χ0) is 22.7. The lowest BCUT2D eigenvalue weighted by molar-refractivity contribution is -0.127. The average molecular weight is 433 g/mol. The minimum absolute atomic E-state index is 0.0512. The first-order chi connectivity index (χ1) is 15.5. The third-order valence-corrected chi connectivity index (χ3v) is 6.32. The summed E-state index contributed by atoms with van der Waals surface area (Å²) in [5.41, 5.74) is 3.51. The fraction of sp³-hybridized carbons (Fsp3) is 0.400. The Morgan fingerprint density at radius 2 is 1.88 bits per heavy atom. The highest BCUT2D eigenvalue weighted by Crippen LogP contribution is 2.34. The Morgan fingerprint density at radius 1 is 1.16 bits per heavy atom. The number of hydrogen-bond acceptors (Lipinski definition) is 5. The number of nitrogens with one attached hydrogen (secondary N) is 1. The molecule has 0 aromatic heterocycles. The second kappa shape index (κ2) is 9.31. The molecule has 1 atom stereocenters. The number of piperidine rings is 1. The Bertz CT molecular complexity index is 1040. The Hall–Kier alpha value is -3.53. The maximum Gasteiger partial charge on any atom is 0.227 e. The van der Waals surface area contributed by atoms with E-state index in [9.17, 15) is 9.59 Å². The van der Waals surface area contributed by atoms with Gasteiger partial charge in [0.1, 0.15) is 5.75 Å². The highest BCUT2D eigenvalue weighted by atomic mass is 16.5. The molecule has 2 heterocycles. The zero-order valence-corrected chi connectivity index (χ0v) is 18.5. The molecule has 2 aromatic rings. The summed E-state index contributed by atoms with van der Waals surface area (Å²) < 4.78 is 5.42. The van der Waals surface area contributed by atoms with Crippen molar-refractivity contribution in [2.45, 2.75) is 32.2 Å². The number of methoxy groups -OCH3 is 1. The highest BCUT2D eigenvalue weighted by molar-refractivity contribution is 6.01. The Labute approximate surface area is 188 Å². The van der Waals surface area contributed by atoms with Gasteiger partial charge in [0.2, 0.25) is 11.8 Å². The normalized spacial score (nSPS) is 19.0. The molecular weight excluding hydrogens is 404 g/mol. The van der Waals surface area contributed by atoms with Gasteiger partial charge < -0.3 is 19.9 Å². The van der Waals surface area contributed by atoms with Gasteiger partial charge in [0.15, 0.2) is 0 Å². The van der Waals surface area contributed by atoms with E-state index in [1.54, 1.807) is 12.0 Å². The van der Waals surface area contributed by atoms with E-state index in [-0.39, 0.29) is 30.2 Å². The second-order valence-corrected chi connectivity index (χ2v) is 8.51. The van der Waals surface area contributed by atoms with Crippen molar-refractivity contribution in [3.63, 3.8) is 0 Å². The van der Waals surface area contributed by atoms with Crippen molar-refractivity contribution in [2.24, 2.45) is 5.92 Å². The van der Waals surface area contributed by atoms with Crippen LogP contribution in [0.1, 0.15) is 30.4 Å². The molecule has 7 nitrogen and oxygen atoms in total. The van der Waals surface area contributed by atoms with E-state index in [1.165, 1.54) is 0 Å². The molecule has 0 bridgehead atoms. The number of nitrogens with zero attached hydrogens (tertiary/aromatic N) is 3. The molecule has 0 saturated carbocycles. The molecule has 0 spiro atoms. The van der Waals surface area contributed by atoms with Gasteiger partial charge in [0, 0.05) is 37.8 Å². The predicted molar refractivity (Wildman–Crippen MR) is 123 cm³/mol. The summed E-state index contributed by atoms with van der Waals surface area (Å²) in [6, 6.07) is 15.6. The number of anilines is 2. The van der Waals surface area contributed by atoms with Crippen LogP contribution in [-0.2, 0) is 9.59 Å². The number of hydrogen-bond donors (Lipinski definition) is 1. The highest BCUT2D eigenvalue weighted by Gasteiger charge is 2.37. The monoisotopic (exact) mass is 432 g/mol. The molecule has 2 saturated heterocycles. The maximum absolute atomic E-state index is 12.9. The van der Waals surface area contributed by atoms with E-state index in [0.717, 1.165) is 42.9 Å². The van der Waals surface area contributed by atoms with Crippen molar-refractivity contribution in [1.82, 2.24) is 5.32 Å². The molecule has 1 unspecified atom stereocenters. The summed E-state index contributed by atoms with van der Waals surface area (Å²) in [5.74, 6) is 0.179. The molecule has 0 radical (unpaired) electrons. The molecular formula is C25H28N4O3. The van der Waals surface area contributed by atoms with Crippen molar-refractivity contribution >= 4 is 23.2 Å². The number of amides is 2. The van der Waals surface area contributed by atoms with E-state index >= 15 is 0 Å². The van der Waals surface area contributed by atoms with E-state index in [4.69, 9.17) is 10.00 Å². The summed E-state index contributed by atoms with van der Waals surface area (Å²) in [6.07, 6.45) is 1.91. The van der Waals surface area contributed by atoms with Crippen LogP contribution in [0.2, 0.25) is 0 Å². The van der Waals surface area contributed by atoms with Crippen LogP contribution in [0.4, 0.5) is 11.4 Å². The minimum Gasteiger partial charge on any atom is -0.495 e. The number of nitriles is 1. The lowest BCUT2D eigenvalue weighted by Gasteiger charge is -2.34. The first-order valence-corrected chi connectivity index (χ1v) is 11.0. The fourth-order valence-electron chi connectivity index (χ4n) is 4.47. The number of ether oxygens (including phenoxy) is 1. The van der Waals surface area contributed by atoms with E-state index in [0.29, 0.717) is 17.9 Å². The maximum atomic E-state index is 12.9. The molecule has 2 aromatic carbocycles. The Kier molecular flexibility index (Phi) is 6.31. The Balaban J connectivity index is 1.33. The zero-order valence-electron chi connectivity index (χ0n) is 18.5. The van der Waals surface area contributed by atoms with Crippen LogP contribution in [-0.4, -0.2) is 44.6 Å². The van der Waals surface area contributed by atoms with Gasteiger partial charge in [-0.15, -0.1) is 0 Å². The molecule has 2 fully saturated rings. The van der Waals surface area contributed by atoms with Crippen molar-refractivity contribution < 1.29 is 14.3 Å². The summed E-state index contributed by atoms with van der Waals surface area (Å²) in [7, 11) is 1.59. The lowest BCUT2D eigenvalue weighted by Crippen LogP contribution is -2.46. The van der Waals surface area contributed by atoms with Gasteiger partial charge >= 0.3 is 0 Å². The molecule has 166 valence electrons. The number of aryl methyl sites for hydroxylation is 1. The molecule has 2 aliphatic rings. The van der Waals surface area contributed by atoms with E-state index in [2.05, 4.69) is 16.3 Å². The molecule has 0 aliphatic carbocycles. The standard InChI is InChI=1S/C25H28N4O3/c1-17-3-8-23(32-2)22(13-17)29-16-19(14-24(29)30)25(31)27-20-9-11-28(12-10-20)21-6-4-18(15-26)5-7-21/h3-8,13,19-20H,9-12,14,16H2,1-2H3,(H,27,31). The summed E-state index contributed by atoms with van der Waals surface area (Å²) in [6.45, 7) is 4.02. The van der Waals surface area contributed by atoms with Gasteiger partial charge in [-0.25, -0.2) is 0 Å². The van der Waals surface area contributed by atoms with Gasteiger partial charge in [0.05, 0.1) is 30.3 Å². The third-order valence-electron chi connectivity index (χ3n) is 6.32. The van der Waals surface area contributed by atoms with Gasteiger partial charge in [-0.3, -0.25) is 9.59 Å². The third kappa shape index (κ3) is 4.54. The number of benzene rings is 2. The molecule has 2 aliphatic heterocycles. The van der Waals surface area contributed by atoms with Crippen LogP contribution in [0.3, 0.4) is 0 Å². The second-order valence-electron chi connectivity index (χ2n) is 8.51. The SMILES string of the molecule is COc1ccc(C)cc1N1CC(C(=O)NC2CCN(c3ccc(C#N)cc3)CC2)CC1=O. The summed E-state index contributed by atoms with van der Waals surface area (Å²) in [5, 5.41) is 12.1. The Morgan fingerprint density at radius 3 is 2.53 bits per heavy atom. The lowest BCUT2D eigenvalue weighted by atomic mass is 10.0. The number of carbonyl (C=O) groups is 2.